The molecule has 1 aromatic carbocycles. The van der Waals surface area contributed by atoms with Gasteiger partial charge in [0.25, 0.3) is 0 Å². The van der Waals surface area contributed by atoms with Gasteiger partial charge in [-0.25, -0.2) is 0 Å². The van der Waals surface area contributed by atoms with Gasteiger partial charge in [0.1, 0.15) is 12.4 Å². The van der Waals surface area contributed by atoms with E-state index >= 15 is 0 Å². The second-order valence-electron chi connectivity index (χ2n) is 5.12. The molecule has 1 nitrogen and oxygen atoms in total. The molecule has 0 saturated heterocycles. The molecule has 1 rings (SSSR count). The third-order valence-corrected chi connectivity index (χ3v) is 3.29. The molecular formula is C18H26O. The Bertz CT molecular complexity index is 424. The molecule has 0 bridgehead atoms. The van der Waals surface area contributed by atoms with E-state index in [4.69, 9.17) is 4.74 Å². The van der Waals surface area contributed by atoms with Crippen molar-refractivity contribution >= 4 is 0 Å². The molecule has 0 unspecified atom stereocenters. The lowest BCUT2D eigenvalue weighted by Crippen LogP contribution is -1.94. The third-order valence-electron chi connectivity index (χ3n) is 3.29. The van der Waals surface area contributed by atoms with Crippen molar-refractivity contribution < 1.29 is 4.74 Å². The number of hydrogen-bond donors (Lipinski definition) is 0. The fraction of sp³-hybridized carbons (Fsp3) is 0.444. The number of benzene rings is 1. The first-order valence-corrected chi connectivity index (χ1v) is 7.12. The molecule has 0 heterocycles. The highest BCUT2D eigenvalue weighted by Crippen LogP contribution is 2.12. The number of allylic oxidation sites excluding steroid dienone is 3. The molecule has 0 atom stereocenters. The largest absolute Gasteiger partial charge is 0.490 e. The first kappa shape index (κ1) is 15.6. The van der Waals surface area contributed by atoms with Crippen molar-refractivity contribution in [3.8, 4) is 5.75 Å². The monoisotopic (exact) mass is 258 g/mol. The lowest BCUT2D eigenvalue weighted by molar-refractivity contribution is 0.361. The van der Waals surface area contributed by atoms with Gasteiger partial charge in [-0.2, -0.15) is 0 Å². The topological polar surface area (TPSA) is 9.23 Å². The van der Waals surface area contributed by atoms with Gasteiger partial charge < -0.3 is 4.74 Å². The zero-order chi connectivity index (χ0) is 14.1. The standard InChI is InChI=1S/C18H26O/c1-5-15(2)7-6-8-16(3)13-14-19-18-11-9-17(4)10-12-18/h7,9-13H,5-6,8,14H2,1-4H3/b15-7-,16-13-. The zero-order valence-electron chi connectivity index (χ0n) is 12.7. The summed E-state index contributed by atoms with van der Waals surface area (Å²) in [6.07, 6.45) is 7.91. The Kier molecular flexibility index (Phi) is 7.02. The van der Waals surface area contributed by atoms with Crippen LogP contribution in [-0.2, 0) is 0 Å². The molecule has 0 aliphatic carbocycles. The third kappa shape index (κ3) is 6.85. The second kappa shape index (κ2) is 8.58. The summed E-state index contributed by atoms with van der Waals surface area (Å²) in [6, 6.07) is 8.19. The highest BCUT2D eigenvalue weighted by atomic mass is 16.5. The predicted octanol–water partition coefficient (Wildman–Crippen LogP) is 5.46. The lowest BCUT2D eigenvalue weighted by Gasteiger charge is -2.05. The molecule has 0 N–H and O–H groups in total. The van der Waals surface area contributed by atoms with Crippen molar-refractivity contribution in [2.24, 2.45) is 0 Å². The highest BCUT2D eigenvalue weighted by Gasteiger charge is 1.93. The van der Waals surface area contributed by atoms with Gasteiger partial charge in [0.15, 0.2) is 0 Å². The van der Waals surface area contributed by atoms with E-state index < -0.39 is 0 Å². The second-order valence-corrected chi connectivity index (χ2v) is 5.12. The van der Waals surface area contributed by atoms with E-state index in [1.54, 1.807) is 0 Å². The van der Waals surface area contributed by atoms with Crippen molar-refractivity contribution in [1.29, 1.82) is 0 Å². The average molecular weight is 258 g/mol. The first-order chi connectivity index (χ1) is 9.11. The summed E-state index contributed by atoms with van der Waals surface area (Å²) >= 11 is 0. The van der Waals surface area contributed by atoms with Gasteiger partial charge in [0, 0.05) is 0 Å². The maximum Gasteiger partial charge on any atom is 0.119 e. The van der Waals surface area contributed by atoms with Crippen LogP contribution in [0.5, 0.6) is 5.75 Å². The van der Waals surface area contributed by atoms with E-state index in [9.17, 15) is 0 Å². The van der Waals surface area contributed by atoms with Crippen molar-refractivity contribution in [2.75, 3.05) is 6.61 Å². The fourth-order valence-corrected chi connectivity index (χ4v) is 1.71. The summed E-state index contributed by atoms with van der Waals surface area (Å²) in [4.78, 5) is 0. The molecule has 0 radical (unpaired) electrons. The van der Waals surface area contributed by atoms with Crippen LogP contribution in [0.15, 0.2) is 47.6 Å². The van der Waals surface area contributed by atoms with Gasteiger partial charge in [-0.3, -0.25) is 0 Å². The minimum absolute atomic E-state index is 0.658. The highest BCUT2D eigenvalue weighted by molar-refractivity contribution is 5.26. The molecule has 0 aliphatic heterocycles. The van der Waals surface area contributed by atoms with E-state index in [0.29, 0.717) is 6.61 Å². The number of ether oxygens (including phenoxy) is 1. The van der Waals surface area contributed by atoms with Crippen molar-refractivity contribution in [3.05, 3.63) is 53.1 Å². The molecule has 0 fully saturated rings. The zero-order valence-corrected chi connectivity index (χ0v) is 12.7. The van der Waals surface area contributed by atoms with Gasteiger partial charge in [-0.05, 0) is 58.2 Å². The fourth-order valence-electron chi connectivity index (χ4n) is 1.71. The summed E-state index contributed by atoms with van der Waals surface area (Å²) in [5, 5.41) is 0. The van der Waals surface area contributed by atoms with Crippen LogP contribution in [0.25, 0.3) is 0 Å². The van der Waals surface area contributed by atoms with E-state index in [1.807, 2.05) is 12.1 Å². The molecule has 0 spiro atoms. The van der Waals surface area contributed by atoms with E-state index in [1.165, 1.54) is 16.7 Å². The predicted molar refractivity (Wildman–Crippen MR) is 83.7 cm³/mol. The van der Waals surface area contributed by atoms with Gasteiger partial charge in [-0.15, -0.1) is 0 Å². The molecular weight excluding hydrogens is 232 g/mol. The van der Waals surface area contributed by atoms with Crippen LogP contribution in [0.4, 0.5) is 0 Å². The van der Waals surface area contributed by atoms with Gasteiger partial charge in [0.2, 0.25) is 0 Å². The van der Waals surface area contributed by atoms with Gasteiger partial charge in [-0.1, -0.05) is 41.8 Å². The lowest BCUT2D eigenvalue weighted by atomic mass is 10.1. The van der Waals surface area contributed by atoms with Crippen LogP contribution < -0.4 is 4.74 Å². The van der Waals surface area contributed by atoms with Crippen molar-refractivity contribution in [1.82, 2.24) is 0 Å². The Balaban J connectivity index is 2.30. The molecule has 0 aromatic heterocycles. The van der Waals surface area contributed by atoms with Crippen LogP contribution in [-0.4, -0.2) is 6.61 Å². The van der Waals surface area contributed by atoms with Crippen LogP contribution in [0, 0.1) is 6.92 Å². The molecule has 104 valence electrons. The SMILES string of the molecule is CC/C(C)=C\CC/C(C)=C\COc1ccc(C)cc1. The van der Waals surface area contributed by atoms with Crippen molar-refractivity contribution in [3.63, 3.8) is 0 Å². The minimum Gasteiger partial charge on any atom is -0.490 e. The Morgan fingerprint density at radius 3 is 2.37 bits per heavy atom. The Morgan fingerprint density at radius 2 is 1.74 bits per heavy atom. The van der Waals surface area contributed by atoms with E-state index in [-0.39, 0.29) is 0 Å². The molecule has 0 amide bonds. The van der Waals surface area contributed by atoms with Gasteiger partial charge >= 0.3 is 0 Å². The number of aryl methyl sites for hydroxylation is 1. The van der Waals surface area contributed by atoms with E-state index in [2.05, 4.69) is 52.0 Å². The molecule has 1 aromatic rings. The normalized spacial score (nSPS) is 12.6. The maximum atomic E-state index is 5.69. The summed E-state index contributed by atoms with van der Waals surface area (Å²) in [5.41, 5.74) is 4.13. The summed E-state index contributed by atoms with van der Waals surface area (Å²) < 4.78 is 5.69. The van der Waals surface area contributed by atoms with Crippen LogP contribution in [0.1, 0.15) is 45.6 Å². The summed E-state index contributed by atoms with van der Waals surface area (Å²) in [6.45, 7) is 9.31. The van der Waals surface area contributed by atoms with Gasteiger partial charge in [0.05, 0.1) is 0 Å². The Labute approximate surface area is 118 Å². The van der Waals surface area contributed by atoms with E-state index in [0.717, 1.165) is 25.0 Å². The quantitative estimate of drug-likeness (QED) is 0.590. The first-order valence-electron chi connectivity index (χ1n) is 7.12. The summed E-state index contributed by atoms with van der Waals surface area (Å²) in [7, 11) is 0. The Hall–Kier alpha value is -1.50. The smallest absolute Gasteiger partial charge is 0.119 e. The van der Waals surface area contributed by atoms with Crippen molar-refractivity contribution in [2.45, 2.75) is 47.0 Å². The molecule has 1 heteroatoms. The maximum absolute atomic E-state index is 5.69. The Morgan fingerprint density at radius 1 is 1.05 bits per heavy atom. The van der Waals surface area contributed by atoms with Crippen LogP contribution in [0.2, 0.25) is 0 Å². The number of rotatable bonds is 7. The average Bonchev–Trinajstić information content (AvgIpc) is 2.41. The molecule has 19 heavy (non-hydrogen) atoms. The van der Waals surface area contributed by atoms with Crippen LogP contribution in [0.3, 0.4) is 0 Å². The minimum atomic E-state index is 0.658. The summed E-state index contributed by atoms with van der Waals surface area (Å²) in [5.74, 6) is 0.941. The van der Waals surface area contributed by atoms with Crippen LogP contribution >= 0.6 is 0 Å². The number of hydrogen-bond acceptors (Lipinski definition) is 1. The molecule has 0 aliphatic rings. The molecule has 0 saturated carbocycles.